The summed E-state index contributed by atoms with van der Waals surface area (Å²) in [4.78, 5) is 2.09. The lowest BCUT2D eigenvalue weighted by molar-refractivity contribution is 0.318. The summed E-state index contributed by atoms with van der Waals surface area (Å²) in [5.41, 5.74) is 0.356. The van der Waals surface area contributed by atoms with Crippen molar-refractivity contribution in [3.05, 3.63) is 41.3 Å². The zero-order chi connectivity index (χ0) is 15.3. The maximum atomic E-state index is 11.8. The largest absolute Gasteiger partial charge is 0.504 e. The lowest BCUT2D eigenvalue weighted by atomic mass is 10.2. The summed E-state index contributed by atoms with van der Waals surface area (Å²) < 4.78 is 29.1. The summed E-state index contributed by atoms with van der Waals surface area (Å²) in [6, 6.07) is 8.02. The Balaban J connectivity index is 2.14. The lowest BCUT2D eigenvalue weighted by Crippen LogP contribution is -2.17. The molecule has 8 heteroatoms. The van der Waals surface area contributed by atoms with Gasteiger partial charge >= 0.3 is 0 Å². The van der Waals surface area contributed by atoms with Crippen LogP contribution in [-0.4, -0.2) is 26.3 Å². The first-order chi connectivity index (χ1) is 10.0. The highest BCUT2D eigenvalue weighted by Gasteiger charge is 2.13. The van der Waals surface area contributed by atoms with Gasteiger partial charge in [0.1, 0.15) is 4.21 Å². The van der Waals surface area contributed by atoms with Crippen LogP contribution >= 0.6 is 11.3 Å². The molecule has 6 nitrogen and oxygen atoms in total. The van der Waals surface area contributed by atoms with Gasteiger partial charge in [-0.3, -0.25) is 0 Å². The number of rotatable bonds is 6. The molecule has 0 radical (unpaired) electrons. The van der Waals surface area contributed by atoms with Crippen LogP contribution < -0.4 is 9.57 Å². The molecule has 0 aliphatic heterocycles. The molecule has 112 valence electrons. The van der Waals surface area contributed by atoms with Crippen molar-refractivity contribution >= 4 is 27.6 Å². The van der Waals surface area contributed by atoms with Gasteiger partial charge in [0.2, 0.25) is 0 Å². The highest BCUT2D eigenvalue weighted by atomic mass is 32.2. The van der Waals surface area contributed by atoms with Gasteiger partial charge in [0.15, 0.2) is 11.5 Å². The number of hydrogen-bond acceptors (Lipinski definition) is 6. The molecule has 21 heavy (non-hydrogen) atoms. The highest BCUT2D eigenvalue weighted by Crippen LogP contribution is 2.28. The number of hydrazone groups is 1. The normalized spacial score (nSPS) is 11.7. The van der Waals surface area contributed by atoms with Gasteiger partial charge in [-0.2, -0.15) is 18.4 Å². The van der Waals surface area contributed by atoms with Gasteiger partial charge in [0, 0.05) is 5.56 Å². The predicted molar refractivity (Wildman–Crippen MR) is 81.5 cm³/mol. The fourth-order valence-corrected chi connectivity index (χ4v) is 3.31. The first kappa shape index (κ1) is 15.3. The molecule has 0 saturated carbocycles. The van der Waals surface area contributed by atoms with E-state index in [1.54, 1.807) is 36.6 Å². The third kappa shape index (κ3) is 3.73. The number of nitrogens with zero attached hydrogens (tertiary/aromatic N) is 1. The second-order valence-corrected chi connectivity index (χ2v) is 6.75. The number of para-hydroxylation sites is 1. The van der Waals surface area contributed by atoms with Crippen LogP contribution in [0.3, 0.4) is 0 Å². The summed E-state index contributed by atoms with van der Waals surface area (Å²) in [6.07, 6.45) is 1.23. The summed E-state index contributed by atoms with van der Waals surface area (Å²) in [5, 5.41) is 15.3. The van der Waals surface area contributed by atoms with Gasteiger partial charge < -0.3 is 9.84 Å². The minimum atomic E-state index is -3.66. The Bertz CT molecular complexity index is 725. The lowest BCUT2D eigenvalue weighted by Gasteiger charge is -2.07. The maximum absolute atomic E-state index is 11.8. The van der Waals surface area contributed by atoms with Crippen LogP contribution in [0.2, 0.25) is 0 Å². The molecule has 1 aromatic carbocycles. The van der Waals surface area contributed by atoms with Crippen molar-refractivity contribution in [2.24, 2.45) is 5.10 Å². The van der Waals surface area contributed by atoms with E-state index in [4.69, 9.17) is 4.74 Å². The van der Waals surface area contributed by atoms with Crippen LogP contribution in [0.4, 0.5) is 0 Å². The molecule has 2 rings (SSSR count). The van der Waals surface area contributed by atoms with Gasteiger partial charge in [0.25, 0.3) is 10.0 Å². The van der Waals surface area contributed by atoms with Crippen LogP contribution in [0.25, 0.3) is 0 Å². The zero-order valence-electron chi connectivity index (χ0n) is 11.2. The Morgan fingerprint density at radius 2 is 2.19 bits per heavy atom. The van der Waals surface area contributed by atoms with Crippen LogP contribution in [0.1, 0.15) is 12.5 Å². The number of hydrogen-bond donors (Lipinski definition) is 2. The SMILES string of the molecule is CCOc1cccc(/C=N/NS(=O)(=O)c2cccs2)c1O. The van der Waals surface area contributed by atoms with Crippen molar-refractivity contribution in [2.45, 2.75) is 11.1 Å². The molecule has 0 atom stereocenters. The van der Waals surface area contributed by atoms with Gasteiger partial charge in [-0.15, -0.1) is 11.3 Å². The molecule has 1 heterocycles. The number of benzene rings is 1. The van der Waals surface area contributed by atoms with Crippen molar-refractivity contribution in [3.8, 4) is 11.5 Å². The Hall–Kier alpha value is -2.06. The van der Waals surface area contributed by atoms with Gasteiger partial charge in [-0.25, -0.2) is 0 Å². The summed E-state index contributed by atoms with van der Waals surface area (Å²) in [5.74, 6) is 0.237. The number of aromatic hydroxyl groups is 1. The zero-order valence-corrected chi connectivity index (χ0v) is 12.8. The Morgan fingerprint density at radius 3 is 2.86 bits per heavy atom. The minimum Gasteiger partial charge on any atom is -0.504 e. The van der Waals surface area contributed by atoms with Crippen molar-refractivity contribution in [1.29, 1.82) is 0 Å². The molecule has 0 bridgehead atoms. The molecule has 2 N–H and O–H groups in total. The number of sulfonamides is 1. The quantitative estimate of drug-likeness (QED) is 0.629. The van der Waals surface area contributed by atoms with E-state index < -0.39 is 10.0 Å². The van der Waals surface area contributed by atoms with Gasteiger partial charge in [-0.1, -0.05) is 12.1 Å². The highest BCUT2D eigenvalue weighted by molar-refractivity contribution is 7.91. The smallest absolute Gasteiger partial charge is 0.286 e. The number of ether oxygens (including phenoxy) is 1. The average molecular weight is 326 g/mol. The van der Waals surface area contributed by atoms with E-state index in [1.807, 2.05) is 0 Å². The van der Waals surface area contributed by atoms with Crippen LogP contribution in [0.5, 0.6) is 11.5 Å². The van der Waals surface area contributed by atoms with Crippen molar-refractivity contribution in [2.75, 3.05) is 6.61 Å². The predicted octanol–water partition coefficient (Wildman–Crippen LogP) is 2.16. The molecule has 0 spiro atoms. The van der Waals surface area contributed by atoms with E-state index in [0.29, 0.717) is 17.9 Å². The first-order valence-corrected chi connectivity index (χ1v) is 8.44. The van der Waals surface area contributed by atoms with Crippen LogP contribution in [0, 0.1) is 0 Å². The molecule has 0 aliphatic carbocycles. The number of thiophene rings is 1. The van der Waals surface area contributed by atoms with Crippen molar-refractivity contribution in [1.82, 2.24) is 4.83 Å². The van der Waals surface area contributed by atoms with Crippen molar-refractivity contribution < 1.29 is 18.3 Å². The van der Waals surface area contributed by atoms with E-state index in [-0.39, 0.29) is 9.96 Å². The summed E-state index contributed by atoms with van der Waals surface area (Å²) in [6.45, 7) is 2.22. The fraction of sp³-hybridized carbons (Fsp3) is 0.154. The number of phenols is 1. The molecule has 1 aromatic heterocycles. The van der Waals surface area contributed by atoms with Crippen LogP contribution in [0.15, 0.2) is 45.0 Å². The molecule has 0 unspecified atom stereocenters. The Kier molecular flexibility index (Phi) is 4.81. The standard InChI is InChI=1S/C13H14N2O4S2/c1-2-19-11-6-3-5-10(13(11)16)9-14-15-21(17,18)12-7-4-8-20-12/h3-9,15-16H,2H2,1H3/b14-9+. The van der Waals surface area contributed by atoms with E-state index in [2.05, 4.69) is 9.93 Å². The second-order valence-electron chi connectivity index (χ2n) is 3.91. The van der Waals surface area contributed by atoms with Crippen LogP contribution in [-0.2, 0) is 10.0 Å². The third-order valence-electron chi connectivity index (χ3n) is 2.47. The Labute approximate surface area is 126 Å². The molecule has 0 aliphatic rings. The molecule has 2 aromatic rings. The monoisotopic (exact) mass is 326 g/mol. The third-order valence-corrected chi connectivity index (χ3v) is 5.09. The first-order valence-electron chi connectivity index (χ1n) is 6.07. The molecule has 0 fully saturated rings. The Morgan fingerprint density at radius 1 is 1.38 bits per heavy atom. The van der Waals surface area contributed by atoms with E-state index >= 15 is 0 Å². The topological polar surface area (TPSA) is 88.0 Å². The van der Waals surface area contributed by atoms with Gasteiger partial charge in [0.05, 0.1) is 12.8 Å². The second kappa shape index (κ2) is 6.59. The maximum Gasteiger partial charge on any atom is 0.286 e. The fourth-order valence-electron chi connectivity index (χ4n) is 1.54. The van der Waals surface area contributed by atoms with E-state index in [1.165, 1.54) is 12.3 Å². The molecule has 0 amide bonds. The van der Waals surface area contributed by atoms with Gasteiger partial charge in [-0.05, 0) is 30.5 Å². The number of nitrogens with one attached hydrogen (secondary N) is 1. The average Bonchev–Trinajstić information content (AvgIpc) is 2.98. The molecular formula is C13H14N2O4S2. The van der Waals surface area contributed by atoms with E-state index in [9.17, 15) is 13.5 Å². The van der Waals surface area contributed by atoms with Crippen molar-refractivity contribution in [3.63, 3.8) is 0 Å². The van der Waals surface area contributed by atoms with E-state index in [0.717, 1.165) is 11.3 Å². The number of phenolic OH excluding ortho intramolecular Hbond substituents is 1. The summed E-state index contributed by atoms with van der Waals surface area (Å²) in [7, 11) is -3.66. The molecule has 0 saturated heterocycles. The molecular weight excluding hydrogens is 312 g/mol. The summed E-state index contributed by atoms with van der Waals surface area (Å²) >= 11 is 1.09. The minimum absolute atomic E-state index is 0.0848.